The third-order valence-electron chi connectivity index (χ3n) is 4.63. The first kappa shape index (κ1) is 18.5. The Kier molecular flexibility index (Phi) is 4.69. The Balaban J connectivity index is 1.33. The summed E-state index contributed by atoms with van der Waals surface area (Å²) in [6.45, 7) is 0.447. The number of carbonyl (C=O) groups is 1. The molecule has 0 spiro atoms. The van der Waals surface area contributed by atoms with Crippen LogP contribution in [0.5, 0.6) is 0 Å². The number of benzene rings is 2. The monoisotopic (exact) mass is 489 g/mol. The number of nitrogens with one attached hydrogen (secondary N) is 1. The van der Waals surface area contributed by atoms with Gasteiger partial charge < -0.3 is 0 Å². The summed E-state index contributed by atoms with van der Waals surface area (Å²) in [7, 11) is 0. The number of anilines is 1. The number of nitrogens with zero attached hydrogens (tertiary/aromatic N) is 6. The van der Waals surface area contributed by atoms with E-state index >= 15 is 0 Å². The van der Waals surface area contributed by atoms with Crippen LogP contribution in [0.4, 0.5) is 5.13 Å². The van der Waals surface area contributed by atoms with Crippen molar-refractivity contribution in [3.05, 3.63) is 63.6 Å². The van der Waals surface area contributed by atoms with Crippen LogP contribution in [0.15, 0.2) is 53.0 Å². The fraction of sp³-hybridized carbons (Fsp3) is 0.167. The van der Waals surface area contributed by atoms with Crippen molar-refractivity contribution in [1.29, 1.82) is 0 Å². The van der Waals surface area contributed by atoms with E-state index < -0.39 is 5.38 Å². The fourth-order valence-electron chi connectivity index (χ4n) is 3.18. The van der Waals surface area contributed by atoms with Crippen LogP contribution in [0.3, 0.4) is 0 Å². The van der Waals surface area contributed by atoms with E-state index in [1.54, 1.807) is 4.68 Å². The number of fused-ring (bicyclic) bond motifs is 1. The van der Waals surface area contributed by atoms with E-state index in [0.717, 1.165) is 26.1 Å². The molecule has 1 aliphatic rings. The van der Waals surface area contributed by atoms with Crippen LogP contribution in [0.25, 0.3) is 11.0 Å². The Morgan fingerprint density at radius 2 is 1.90 bits per heavy atom. The van der Waals surface area contributed by atoms with Crippen molar-refractivity contribution in [1.82, 2.24) is 30.2 Å². The molecule has 1 aliphatic heterocycles. The average Bonchev–Trinajstić information content (AvgIpc) is 3.36. The topological polar surface area (TPSA) is 88.8 Å². The van der Waals surface area contributed by atoms with Gasteiger partial charge in [-0.05, 0) is 29.8 Å². The highest BCUT2D eigenvalue weighted by molar-refractivity contribution is 9.10. The molecule has 2 aromatic heterocycles. The number of hydrogen-bond acceptors (Lipinski definition) is 7. The molecule has 8 nitrogen and oxygen atoms in total. The summed E-state index contributed by atoms with van der Waals surface area (Å²) in [6.07, 6.45) is 0. The number of alkyl halides is 1. The van der Waals surface area contributed by atoms with Crippen LogP contribution >= 0.6 is 38.9 Å². The van der Waals surface area contributed by atoms with E-state index in [1.807, 2.05) is 48.5 Å². The molecule has 4 aromatic rings. The van der Waals surface area contributed by atoms with Crippen LogP contribution in [0, 0.1) is 0 Å². The highest BCUT2D eigenvalue weighted by Gasteiger charge is 2.48. The first-order valence-corrected chi connectivity index (χ1v) is 10.7. The fourth-order valence-corrected chi connectivity index (χ4v) is 4.53. The molecule has 146 valence electrons. The molecule has 1 fully saturated rings. The summed E-state index contributed by atoms with van der Waals surface area (Å²) < 4.78 is 2.74. The summed E-state index contributed by atoms with van der Waals surface area (Å²) in [4.78, 5) is 12.3. The summed E-state index contributed by atoms with van der Waals surface area (Å²) >= 11 is 11.0. The number of halogens is 2. The van der Waals surface area contributed by atoms with E-state index in [9.17, 15) is 4.79 Å². The van der Waals surface area contributed by atoms with Gasteiger partial charge in [-0.25, -0.2) is 9.69 Å². The second-order valence-corrected chi connectivity index (χ2v) is 8.90. The molecule has 29 heavy (non-hydrogen) atoms. The molecule has 3 heterocycles. The van der Waals surface area contributed by atoms with E-state index in [-0.39, 0.29) is 11.9 Å². The highest BCUT2D eigenvalue weighted by Crippen LogP contribution is 2.39. The van der Waals surface area contributed by atoms with Gasteiger partial charge in [0.15, 0.2) is 0 Å². The number of carbonyl (C=O) groups excluding carboxylic acids is 1. The van der Waals surface area contributed by atoms with Gasteiger partial charge in [-0.15, -0.1) is 26.9 Å². The zero-order chi connectivity index (χ0) is 20.0. The Morgan fingerprint density at radius 3 is 2.72 bits per heavy atom. The number of β-lactam (4-membered cyclic amide) rings is 1. The predicted molar refractivity (Wildman–Crippen MR) is 114 cm³/mol. The molecule has 11 heteroatoms. The van der Waals surface area contributed by atoms with E-state index in [4.69, 9.17) is 11.6 Å². The minimum atomic E-state index is -0.613. The molecule has 2 aromatic carbocycles. The van der Waals surface area contributed by atoms with Gasteiger partial charge in [0, 0.05) is 4.47 Å². The normalized spacial score (nSPS) is 18.8. The third-order valence-corrected chi connectivity index (χ3v) is 6.40. The maximum atomic E-state index is 12.3. The lowest BCUT2D eigenvalue weighted by Crippen LogP contribution is -2.58. The average molecular weight is 491 g/mol. The lowest BCUT2D eigenvalue weighted by atomic mass is 9.95. The Bertz CT molecular complexity index is 1190. The number of para-hydroxylation sites is 1. The number of hydrazine groups is 1. The predicted octanol–water partition coefficient (Wildman–Crippen LogP) is 3.61. The van der Waals surface area contributed by atoms with E-state index in [2.05, 4.69) is 41.9 Å². The van der Waals surface area contributed by atoms with Crippen LogP contribution < -0.4 is 5.43 Å². The zero-order valence-electron chi connectivity index (χ0n) is 14.7. The summed E-state index contributed by atoms with van der Waals surface area (Å²) in [5.41, 5.74) is 5.74. The standard InChI is InChI=1S/C18H13BrClN7OS/c19-11-7-5-10(6-8-11)16-15(20)17(28)27(16)24-18-23-22-14(29-18)9-26-13-4-2-1-3-12(13)21-25-26/h1-8,15-16H,9H2,(H,23,24). The molecular formula is C18H13BrClN7OS. The summed E-state index contributed by atoms with van der Waals surface area (Å²) in [5.74, 6) is -0.196. The first-order chi connectivity index (χ1) is 14.1. The van der Waals surface area contributed by atoms with Gasteiger partial charge in [-0.1, -0.05) is 56.7 Å². The minimum absolute atomic E-state index is 0.196. The number of hydrogen-bond donors (Lipinski definition) is 1. The summed E-state index contributed by atoms with van der Waals surface area (Å²) in [6, 6.07) is 15.2. The van der Waals surface area contributed by atoms with E-state index in [0.29, 0.717) is 11.7 Å². The van der Waals surface area contributed by atoms with Crippen molar-refractivity contribution in [2.75, 3.05) is 5.43 Å². The highest BCUT2D eigenvalue weighted by atomic mass is 79.9. The van der Waals surface area contributed by atoms with Gasteiger partial charge in [0.2, 0.25) is 5.13 Å². The van der Waals surface area contributed by atoms with Gasteiger partial charge in [-0.2, -0.15) is 0 Å². The van der Waals surface area contributed by atoms with Crippen molar-refractivity contribution in [2.24, 2.45) is 0 Å². The Morgan fingerprint density at radius 1 is 1.10 bits per heavy atom. The van der Waals surface area contributed by atoms with Gasteiger partial charge in [-0.3, -0.25) is 10.2 Å². The van der Waals surface area contributed by atoms with Crippen LogP contribution in [0.1, 0.15) is 16.6 Å². The molecule has 2 unspecified atom stereocenters. The SMILES string of the molecule is O=C1C(Cl)C(c2ccc(Br)cc2)N1Nc1nnc(Cn2nnc3ccccc32)s1. The van der Waals surface area contributed by atoms with Crippen LogP contribution in [-0.2, 0) is 11.3 Å². The number of amides is 1. The largest absolute Gasteiger partial charge is 0.271 e. The van der Waals surface area contributed by atoms with Crippen molar-refractivity contribution < 1.29 is 4.79 Å². The zero-order valence-corrected chi connectivity index (χ0v) is 17.9. The molecule has 1 amide bonds. The van der Waals surface area contributed by atoms with Crippen LogP contribution in [0.2, 0.25) is 0 Å². The second kappa shape index (κ2) is 7.36. The molecule has 5 rings (SSSR count). The summed E-state index contributed by atoms with van der Waals surface area (Å²) in [5, 5.41) is 18.8. The lowest BCUT2D eigenvalue weighted by Gasteiger charge is -2.43. The van der Waals surface area contributed by atoms with Crippen molar-refractivity contribution >= 4 is 60.9 Å². The smallest absolute Gasteiger partial charge is 0.262 e. The van der Waals surface area contributed by atoms with Crippen molar-refractivity contribution in [2.45, 2.75) is 18.0 Å². The maximum Gasteiger partial charge on any atom is 0.262 e. The van der Waals surface area contributed by atoms with Crippen molar-refractivity contribution in [3.63, 3.8) is 0 Å². The third kappa shape index (κ3) is 3.37. The molecular weight excluding hydrogens is 478 g/mol. The van der Waals surface area contributed by atoms with Crippen molar-refractivity contribution in [3.8, 4) is 0 Å². The maximum absolute atomic E-state index is 12.3. The quantitative estimate of drug-likeness (QED) is 0.340. The Labute approximate surface area is 182 Å². The molecule has 1 N–H and O–H groups in total. The molecule has 0 bridgehead atoms. The van der Waals surface area contributed by atoms with Gasteiger partial charge >= 0.3 is 0 Å². The number of rotatable bonds is 5. The van der Waals surface area contributed by atoms with Gasteiger partial charge in [0.25, 0.3) is 5.91 Å². The van der Waals surface area contributed by atoms with Gasteiger partial charge in [0.05, 0.1) is 12.1 Å². The molecule has 0 aliphatic carbocycles. The lowest BCUT2D eigenvalue weighted by molar-refractivity contribution is -0.143. The second-order valence-electron chi connectivity index (χ2n) is 6.45. The molecule has 2 atom stereocenters. The minimum Gasteiger partial charge on any atom is -0.271 e. The first-order valence-electron chi connectivity index (χ1n) is 8.70. The number of aromatic nitrogens is 5. The molecule has 0 radical (unpaired) electrons. The Hall–Kier alpha value is -2.56. The molecule has 0 saturated carbocycles. The van der Waals surface area contributed by atoms with Crippen LogP contribution in [-0.4, -0.2) is 41.5 Å². The van der Waals surface area contributed by atoms with E-state index in [1.165, 1.54) is 16.3 Å². The van der Waals surface area contributed by atoms with Gasteiger partial charge in [0.1, 0.15) is 21.9 Å². The molecule has 1 saturated heterocycles.